The molecule has 0 aliphatic heterocycles. The number of pyridine rings is 1. The van der Waals surface area contributed by atoms with E-state index in [4.69, 9.17) is 0 Å². The van der Waals surface area contributed by atoms with Crippen LogP contribution in [-0.4, -0.2) is 16.1 Å². The van der Waals surface area contributed by atoms with Crippen molar-refractivity contribution in [2.75, 3.05) is 0 Å². The summed E-state index contributed by atoms with van der Waals surface area (Å²) in [6.45, 7) is 3.98. The van der Waals surface area contributed by atoms with Crippen molar-refractivity contribution in [3.63, 3.8) is 0 Å². The SMILES string of the molecule is CCCC(C(=O)O)c1c(-c2ccc(C)cc2)c2sc3c(c2[nH]c1=O)CCCC3. The number of aryl methyl sites for hydroxylation is 3. The van der Waals surface area contributed by atoms with E-state index in [1.54, 1.807) is 11.3 Å². The lowest BCUT2D eigenvalue weighted by molar-refractivity contribution is -0.139. The molecule has 0 saturated carbocycles. The summed E-state index contributed by atoms with van der Waals surface area (Å²) in [5.74, 6) is -1.73. The maximum absolute atomic E-state index is 13.2. The molecule has 28 heavy (non-hydrogen) atoms. The number of fused-ring (bicyclic) bond motifs is 3. The third-order valence-electron chi connectivity index (χ3n) is 5.72. The van der Waals surface area contributed by atoms with Gasteiger partial charge in [0.15, 0.2) is 0 Å². The van der Waals surface area contributed by atoms with Crippen molar-refractivity contribution in [2.24, 2.45) is 0 Å². The van der Waals surface area contributed by atoms with Gasteiger partial charge in [-0.2, -0.15) is 0 Å². The number of nitrogens with one attached hydrogen (secondary N) is 1. The minimum absolute atomic E-state index is 0.255. The molecule has 0 spiro atoms. The average Bonchev–Trinajstić information content (AvgIpc) is 3.04. The molecule has 2 aromatic heterocycles. The van der Waals surface area contributed by atoms with E-state index in [0.717, 1.165) is 46.2 Å². The van der Waals surface area contributed by atoms with Crippen LogP contribution in [0.3, 0.4) is 0 Å². The van der Waals surface area contributed by atoms with E-state index < -0.39 is 11.9 Å². The van der Waals surface area contributed by atoms with Gasteiger partial charge in [-0.3, -0.25) is 9.59 Å². The van der Waals surface area contributed by atoms with Gasteiger partial charge in [-0.15, -0.1) is 11.3 Å². The molecule has 0 fully saturated rings. The second-order valence-corrected chi connectivity index (χ2v) is 8.81. The van der Waals surface area contributed by atoms with Gasteiger partial charge in [0.05, 0.1) is 16.1 Å². The van der Waals surface area contributed by atoms with Crippen LogP contribution in [0.25, 0.3) is 21.3 Å². The standard InChI is InChI=1S/C23H25NO3S/c1-3-6-16(23(26)27)19-18(14-11-9-13(2)10-12-14)21-20(24-22(19)25)15-7-4-5-8-17(15)28-21/h9-12,16H,3-8H2,1-2H3,(H,24,25)(H,26,27). The van der Waals surface area contributed by atoms with Gasteiger partial charge in [-0.05, 0) is 50.2 Å². The van der Waals surface area contributed by atoms with E-state index in [-0.39, 0.29) is 5.56 Å². The van der Waals surface area contributed by atoms with E-state index in [9.17, 15) is 14.7 Å². The fourth-order valence-corrected chi connectivity index (χ4v) is 5.74. The molecular formula is C23H25NO3S. The molecule has 1 aliphatic rings. The van der Waals surface area contributed by atoms with E-state index in [2.05, 4.69) is 4.98 Å². The Kier molecular flexibility index (Phi) is 5.11. The number of aliphatic carboxylic acids is 1. The van der Waals surface area contributed by atoms with Crippen LogP contribution < -0.4 is 5.56 Å². The zero-order valence-corrected chi connectivity index (χ0v) is 17.1. The van der Waals surface area contributed by atoms with Crippen molar-refractivity contribution in [3.05, 3.63) is 56.2 Å². The van der Waals surface area contributed by atoms with Crippen LogP contribution in [0.15, 0.2) is 29.1 Å². The van der Waals surface area contributed by atoms with E-state index in [1.165, 1.54) is 16.9 Å². The predicted octanol–water partition coefficient (Wildman–Crippen LogP) is 5.41. The molecule has 0 radical (unpaired) electrons. The molecule has 2 N–H and O–H groups in total. The molecule has 1 aromatic carbocycles. The van der Waals surface area contributed by atoms with Crippen LogP contribution >= 0.6 is 11.3 Å². The number of hydrogen-bond donors (Lipinski definition) is 2. The number of H-pyrrole nitrogens is 1. The van der Waals surface area contributed by atoms with Gasteiger partial charge >= 0.3 is 5.97 Å². The van der Waals surface area contributed by atoms with Crippen LogP contribution in [0.5, 0.6) is 0 Å². The first-order valence-electron chi connectivity index (χ1n) is 10.0. The van der Waals surface area contributed by atoms with Gasteiger partial charge in [-0.25, -0.2) is 0 Å². The van der Waals surface area contributed by atoms with Crippen molar-refractivity contribution in [1.29, 1.82) is 0 Å². The van der Waals surface area contributed by atoms with Gasteiger partial charge in [-0.1, -0.05) is 43.2 Å². The smallest absolute Gasteiger partial charge is 0.311 e. The monoisotopic (exact) mass is 395 g/mol. The summed E-state index contributed by atoms with van der Waals surface area (Å²) in [6.07, 6.45) is 5.49. The predicted molar refractivity (Wildman–Crippen MR) is 115 cm³/mol. The average molecular weight is 396 g/mol. The van der Waals surface area contributed by atoms with E-state index in [0.29, 0.717) is 18.4 Å². The summed E-state index contributed by atoms with van der Waals surface area (Å²) in [6, 6.07) is 8.07. The molecule has 2 heterocycles. The Balaban J connectivity index is 2.09. The summed E-state index contributed by atoms with van der Waals surface area (Å²) in [4.78, 5) is 29.7. The molecule has 0 amide bonds. The Bertz CT molecular complexity index is 1090. The second-order valence-electron chi connectivity index (χ2n) is 7.70. The Morgan fingerprint density at radius 3 is 2.61 bits per heavy atom. The molecule has 1 unspecified atom stereocenters. The number of benzene rings is 1. The van der Waals surface area contributed by atoms with Crippen molar-refractivity contribution in [2.45, 2.75) is 58.3 Å². The lowest BCUT2D eigenvalue weighted by atomic mass is 9.87. The van der Waals surface area contributed by atoms with Gasteiger partial charge < -0.3 is 10.1 Å². The Labute approximate surface area is 168 Å². The van der Waals surface area contributed by atoms with E-state index >= 15 is 0 Å². The summed E-state index contributed by atoms with van der Waals surface area (Å²) in [5.41, 5.74) is 5.21. The first-order chi connectivity index (χ1) is 13.5. The first-order valence-corrected chi connectivity index (χ1v) is 10.8. The highest BCUT2D eigenvalue weighted by molar-refractivity contribution is 7.19. The van der Waals surface area contributed by atoms with Crippen LogP contribution in [0, 0.1) is 6.92 Å². The molecule has 1 aliphatic carbocycles. The number of thiophene rings is 1. The molecule has 0 bridgehead atoms. The Morgan fingerprint density at radius 2 is 1.93 bits per heavy atom. The van der Waals surface area contributed by atoms with Crippen LogP contribution in [0.2, 0.25) is 0 Å². The molecule has 146 valence electrons. The van der Waals surface area contributed by atoms with Gasteiger partial charge in [0, 0.05) is 16.0 Å². The summed E-state index contributed by atoms with van der Waals surface area (Å²) in [5, 5.41) is 9.88. The number of carbonyl (C=O) groups is 1. The minimum atomic E-state index is -0.929. The molecular weight excluding hydrogens is 370 g/mol. The number of aromatic amines is 1. The van der Waals surface area contributed by atoms with Crippen LogP contribution in [-0.2, 0) is 17.6 Å². The molecule has 4 rings (SSSR count). The fourth-order valence-electron chi connectivity index (χ4n) is 4.31. The molecule has 1 atom stereocenters. The molecule has 3 aromatic rings. The number of aromatic nitrogens is 1. The highest BCUT2D eigenvalue weighted by Gasteiger charge is 2.29. The lowest BCUT2D eigenvalue weighted by Gasteiger charge is -2.17. The Hall–Kier alpha value is -2.40. The zero-order chi connectivity index (χ0) is 19.8. The first kappa shape index (κ1) is 18.9. The number of rotatable bonds is 5. The minimum Gasteiger partial charge on any atom is -0.481 e. The number of carboxylic acid groups (broad SMARTS) is 1. The zero-order valence-electron chi connectivity index (χ0n) is 16.3. The molecule has 4 nitrogen and oxygen atoms in total. The molecule has 0 saturated heterocycles. The Morgan fingerprint density at radius 1 is 1.21 bits per heavy atom. The van der Waals surface area contributed by atoms with Crippen molar-refractivity contribution >= 4 is 27.5 Å². The third kappa shape index (κ3) is 3.18. The lowest BCUT2D eigenvalue weighted by Crippen LogP contribution is -2.23. The summed E-state index contributed by atoms with van der Waals surface area (Å²) in [7, 11) is 0. The van der Waals surface area contributed by atoms with E-state index in [1.807, 2.05) is 38.1 Å². The quantitative estimate of drug-likeness (QED) is 0.607. The number of hydrogen-bond acceptors (Lipinski definition) is 3. The van der Waals surface area contributed by atoms with Crippen molar-refractivity contribution < 1.29 is 9.90 Å². The highest BCUT2D eigenvalue weighted by Crippen LogP contribution is 2.43. The van der Waals surface area contributed by atoms with Gasteiger partial charge in [0.1, 0.15) is 0 Å². The largest absolute Gasteiger partial charge is 0.481 e. The second kappa shape index (κ2) is 7.55. The third-order valence-corrected chi connectivity index (χ3v) is 7.02. The topological polar surface area (TPSA) is 70.2 Å². The maximum atomic E-state index is 13.2. The maximum Gasteiger partial charge on any atom is 0.311 e. The number of carboxylic acids is 1. The molecule has 5 heteroatoms. The van der Waals surface area contributed by atoms with Gasteiger partial charge in [0.25, 0.3) is 5.56 Å². The summed E-state index contributed by atoms with van der Waals surface area (Å²) < 4.78 is 1.03. The van der Waals surface area contributed by atoms with Crippen LogP contribution in [0.4, 0.5) is 0 Å². The normalized spacial score (nSPS) is 14.8. The highest BCUT2D eigenvalue weighted by atomic mass is 32.1. The van der Waals surface area contributed by atoms with Crippen LogP contribution in [0.1, 0.15) is 60.1 Å². The fraction of sp³-hybridized carbons (Fsp3) is 0.391. The summed E-state index contributed by atoms with van der Waals surface area (Å²) >= 11 is 1.73. The van der Waals surface area contributed by atoms with Gasteiger partial charge in [0.2, 0.25) is 0 Å². The van der Waals surface area contributed by atoms with Crippen molar-refractivity contribution in [3.8, 4) is 11.1 Å². The van der Waals surface area contributed by atoms with Crippen molar-refractivity contribution in [1.82, 2.24) is 4.98 Å².